The van der Waals surface area contributed by atoms with E-state index in [4.69, 9.17) is 27.9 Å². The third-order valence-electron chi connectivity index (χ3n) is 4.11. The lowest BCUT2D eigenvalue weighted by Crippen LogP contribution is -2.32. The molecule has 0 amide bonds. The number of hydrogen-bond acceptors (Lipinski definition) is 4. The molecule has 140 valence electrons. The summed E-state index contributed by atoms with van der Waals surface area (Å²) in [6.07, 6.45) is 0. The zero-order valence-electron chi connectivity index (χ0n) is 15.1. The second-order valence-electron chi connectivity index (χ2n) is 5.92. The van der Waals surface area contributed by atoms with Crippen LogP contribution >= 0.6 is 23.2 Å². The first-order chi connectivity index (χ1) is 12.5. The number of carbonyl (C=O) groups excluding carboxylic acids is 1. The lowest BCUT2D eigenvalue weighted by molar-refractivity contribution is 0.0466. The molecule has 0 aliphatic heterocycles. The molecule has 0 atom stereocenters. The molecule has 0 heterocycles. The normalized spacial score (nSPS) is 10.8. The molecule has 2 aromatic carbocycles. The highest BCUT2D eigenvalue weighted by Crippen LogP contribution is 2.32. The summed E-state index contributed by atoms with van der Waals surface area (Å²) >= 11 is 12.5. The molecular formula is C20H24Cl2N2O2. The van der Waals surface area contributed by atoms with E-state index >= 15 is 0 Å². The number of halogens is 2. The highest BCUT2D eigenvalue weighted by Gasteiger charge is 2.10. The number of aryl methyl sites for hydroxylation is 1. The maximum absolute atomic E-state index is 11.9. The Bertz CT molecular complexity index is 723. The molecule has 26 heavy (non-hydrogen) atoms. The number of likely N-dealkylation sites (N-methyl/N-ethyl adjacent to an activating group) is 1. The van der Waals surface area contributed by atoms with Crippen molar-refractivity contribution in [2.45, 2.75) is 13.8 Å². The maximum atomic E-state index is 11.9. The van der Waals surface area contributed by atoms with Gasteiger partial charge in [-0.25, -0.2) is 4.79 Å². The van der Waals surface area contributed by atoms with Gasteiger partial charge in [0.2, 0.25) is 0 Å². The fourth-order valence-corrected chi connectivity index (χ4v) is 3.02. The SMILES string of the molecule is CCN(CCNc1c(Cl)ccc(C)c1Cl)CCOC(=O)c1ccccc1. The molecule has 0 aliphatic rings. The number of carbonyl (C=O) groups is 1. The summed E-state index contributed by atoms with van der Waals surface area (Å²) in [6.45, 7) is 7.40. The van der Waals surface area contributed by atoms with Gasteiger partial charge in [0, 0.05) is 19.6 Å². The largest absolute Gasteiger partial charge is 0.461 e. The molecule has 1 N–H and O–H groups in total. The molecule has 2 aromatic rings. The van der Waals surface area contributed by atoms with Crippen molar-refractivity contribution in [3.8, 4) is 0 Å². The van der Waals surface area contributed by atoms with Crippen LogP contribution < -0.4 is 5.32 Å². The second-order valence-corrected chi connectivity index (χ2v) is 6.70. The van der Waals surface area contributed by atoms with Crippen LogP contribution in [0.15, 0.2) is 42.5 Å². The Morgan fingerprint density at radius 3 is 2.54 bits per heavy atom. The quantitative estimate of drug-likeness (QED) is 0.614. The molecule has 0 spiro atoms. The summed E-state index contributed by atoms with van der Waals surface area (Å²) in [5.74, 6) is -0.293. The average Bonchev–Trinajstić information content (AvgIpc) is 2.66. The second kappa shape index (κ2) is 10.4. The highest BCUT2D eigenvalue weighted by molar-refractivity contribution is 6.39. The number of nitrogens with zero attached hydrogens (tertiary/aromatic N) is 1. The summed E-state index contributed by atoms with van der Waals surface area (Å²) in [6, 6.07) is 12.7. The van der Waals surface area contributed by atoms with Crippen LogP contribution in [-0.2, 0) is 4.74 Å². The molecule has 0 bridgehead atoms. The highest BCUT2D eigenvalue weighted by atomic mass is 35.5. The predicted octanol–water partition coefficient (Wildman–Crippen LogP) is 4.89. The van der Waals surface area contributed by atoms with E-state index in [1.807, 2.05) is 37.3 Å². The fraction of sp³-hybridized carbons (Fsp3) is 0.350. The maximum Gasteiger partial charge on any atom is 0.338 e. The summed E-state index contributed by atoms with van der Waals surface area (Å²) in [4.78, 5) is 14.1. The van der Waals surface area contributed by atoms with Gasteiger partial charge in [-0.15, -0.1) is 0 Å². The van der Waals surface area contributed by atoms with Crippen molar-refractivity contribution in [3.63, 3.8) is 0 Å². The third-order valence-corrected chi connectivity index (χ3v) is 4.91. The standard InChI is InChI=1S/C20H24Cl2N2O2/c1-3-24(13-14-26-20(25)16-7-5-4-6-8-16)12-11-23-19-17(21)10-9-15(2)18(19)22/h4-10,23H,3,11-14H2,1-2H3. The van der Waals surface area contributed by atoms with Gasteiger partial charge < -0.3 is 10.1 Å². The van der Waals surface area contributed by atoms with Crippen molar-refractivity contribution in [2.24, 2.45) is 0 Å². The van der Waals surface area contributed by atoms with E-state index in [0.29, 0.717) is 35.3 Å². The van der Waals surface area contributed by atoms with Gasteiger partial charge in [-0.2, -0.15) is 0 Å². The van der Waals surface area contributed by atoms with Crippen molar-refractivity contribution in [1.29, 1.82) is 0 Å². The van der Waals surface area contributed by atoms with Crippen LogP contribution in [0.1, 0.15) is 22.8 Å². The number of ether oxygens (including phenoxy) is 1. The fourth-order valence-electron chi connectivity index (χ4n) is 2.51. The molecule has 0 unspecified atom stereocenters. The predicted molar refractivity (Wildman–Crippen MR) is 109 cm³/mol. The van der Waals surface area contributed by atoms with E-state index in [-0.39, 0.29) is 5.97 Å². The summed E-state index contributed by atoms with van der Waals surface area (Å²) in [7, 11) is 0. The zero-order chi connectivity index (χ0) is 18.9. The van der Waals surface area contributed by atoms with E-state index in [2.05, 4.69) is 17.1 Å². The first-order valence-corrected chi connectivity index (χ1v) is 9.41. The molecule has 0 fully saturated rings. The molecule has 0 aromatic heterocycles. The zero-order valence-corrected chi connectivity index (χ0v) is 16.6. The summed E-state index contributed by atoms with van der Waals surface area (Å²) < 4.78 is 5.34. The van der Waals surface area contributed by atoms with Crippen LogP contribution in [0.3, 0.4) is 0 Å². The Hall–Kier alpha value is -1.75. The smallest absolute Gasteiger partial charge is 0.338 e. The van der Waals surface area contributed by atoms with E-state index in [9.17, 15) is 4.79 Å². The van der Waals surface area contributed by atoms with Gasteiger partial charge in [0.15, 0.2) is 0 Å². The number of benzene rings is 2. The van der Waals surface area contributed by atoms with Gasteiger partial charge in [-0.3, -0.25) is 4.90 Å². The Morgan fingerprint density at radius 2 is 1.85 bits per heavy atom. The van der Waals surface area contributed by atoms with Gasteiger partial charge >= 0.3 is 5.97 Å². The molecule has 4 nitrogen and oxygen atoms in total. The molecule has 0 saturated heterocycles. The monoisotopic (exact) mass is 394 g/mol. The number of anilines is 1. The lowest BCUT2D eigenvalue weighted by Gasteiger charge is -2.21. The molecule has 0 radical (unpaired) electrons. The van der Waals surface area contributed by atoms with Crippen LogP contribution in [-0.4, -0.2) is 43.7 Å². The third kappa shape index (κ3) is 5.90. The minimum Gasteiger partial charge on any atom is -0.461 e. The molecule has 6 heteroatoms. The average molecular weight is 395 g/mol. The van der Waals surface area contributed by atoms with Crippen molar-refractivity contribution >= 4 is 34.9 Å². The van der Waals surface area contributed by atoms with Gasteiger partial charge in [0.25, 0.3) is 0 Å². The van der Waals surface area contributed by atoms with E-state index in [1.54, 1.807) is 12.1 Å². The van der Waals surface area contributed by atoms with Crippen LogP contribution in [0.5, 0.6) is 0 Å². The Morgan fingerprint density at radius 1 is 1.12 bits per heavy atom. The number of hydrogen-bond donors (Lipinski definition) is 1. The van der Waals surface area contributed by atoms with Crippen molar-refractivity contribution < 1.29 is 9.53 Å². The molecular weight excluding hydrogens is 371 g/mol. The Balaban J connectivity index is 1.76. The first-order valence-electron chi connectivity index (χ1n) is 8.66. The van der Waals surface area contributed by atoms with Crippen LogP contribution in [0.25, 0.3) is 0 Å². The minimum absolute atomic E-state index is 0.293. The number of esters is 1. The van der Waals surface area contributed by atoms with Crippen LogP contribution in [0, 0.1) is 6.92 Å². The lowest BCUT2D eigenvalue weighted by atomic mass is 10.2. The van der Waals surface area contributed by atoms with Crippen molar-refractivity contribution in [3.05, 3.63) is 63.6 Å². The van der Waals surface area contributed by atoms with Gasteiger partial charge in [-0.1, -0.05) is 54.4 Å². The number of nitrogens with one attached hydrogen (secondary N) is 1. The Kier molecular flexibility index (Phi) is 8.23. The van der Waals surface area contributed by atoms with E-state index in [1.165, 1.54) is 0 Å². The van der Waals surface area contributed by atoms with Crippen LogP contribution in [0.2, 0.25) is 10.0 Å². The molecule has 0 aliphatic carbocycles. The van der Waals surface area contributed by atoms with Crippen LogP contribution in [0.4, 0.5) is 5.69 Å². The Labute approximate surface area is 165 Å². The summed E-state index contributed by atoms with van der Waals surface area (Å²) in [5.41, 5.74) is 2.32. The van der Waals surface area contributed by atoms with Gasteiger partial charge in [0.05, 0.1) is 21.3 Å². The molecule has 0 saturated carbocycles. The topological polar surface area (TPSA) is 41.6 Å². The number of rotatable bonds is 9. The van der Waals surface area contributed by atoms with E-state index < -0.39 is 0 Å². The van der Waals surface area contributed by atoms with Gasteiger partial charge in [0.1, 0.15) is 6.61 Å². The van der Waals surface area contributed by atoms with E-state index in [0.717, 1.165) is 24.3 Å². The molecule has 2 rings (SSSR count). The minimum atomic E-state index is -0.293. The van der Waals surface area contributed by atoms with Gasteiger partial charge in [-0.05, 0) is 37.2 Å². The first kappa shape index (κ1) is 20.6. The van der Waals surface area contributed by atoms with Crippen molar-refractivity contribution in [2.75, 3.05) is 38.1 Å². The summed E-state index contributed by atoms with van der Waals surface area (Å²) in [5, 5.41) is 4.56. The van der Waals surface area contributed by atoms with Crippen molar-refractivity contribution in [1.82, 2.24) is 4.90 Å².